The molecule has 0 bridgehead atoms. The lowest BCUT2D eigenvalue weighted by molar-refractivity contribution is -0.132. The maximum absolute atomic E-state index is 12.2. The third-order valence-corrected chi connectivity index (χ3v) is 3.79. The number of rotatable bonds is 5. The van der Waals surface area contributed by atoms with Crippen LogP contribution in [0, 0.1) is 13.8 Å². The highest BCUT2D eigenvalue weighted by Crippen LogP contribution is 2.22. The third-order valence-electron chi connectivity index (χ3n) is 3.79. The minimum absolute atomic E-state index is 0.130. The molecule has 0 N–H and O–H groups in total. The Bertz CT molecular complexity index is 973. The Hall–Kier alpha value is -3.09. The van der Waals surface area contributed by atoms with Crippen LogP contribution in [-0.2, 0) is 11.3 Å². The molecule has 0 saturated heterocycles. The standard InChI is InChI=1S/C18H18N2O5/c1-11-6-18(22)24-16-8-14(4-5-15(11)16)23-10-17(21)20(3)9-13-7-12(2)25-19-13/h4-8H,9-10H2,1-3H3. The number of hydrogen-bond donors (Lipinski definition) is 0. The minimum Gasteiger partial charge on any atom is -0.484 e. The largest absolute Gasteiger partial charge is 0.484 e. The smallest absolute Gasteiger partial charge is 0.336 e. The zero-order valence-corrected chi connectivity index (χ0v) is 14.2. The molecule has 0 aliphatic heterocycles. The molecule has 25 heavy (non-hydrogen) atoms. The van der Waals surface area contributed by atoms with E-state index < -0.39 is 5.63 Å². The van der Waals surface area contributed by atoms with E-state index in [1.54, 1.807) is 38.2 Å². The van der Waals surface area contributed by atoms with Gasteiger partial charge in [0.15, 0.2) is 6.61 Å². The van der Waals surface area contributed by atoms with E-state index in [1.807, 2.05) is 6.92 Å². The van der Waals surface area contributed by atoms with E-state index in [4.69, 9.17) is 13.7 Å². The molecule has 1 aromatic carbocycles. The Labute approximate surface area is 143 Å². The molecular formula is C18H18N2O5. The second kappa shape index (κ2) is 6.80. The first-order chi connectivity index (χ1) is 11.9. The van der Waals surface area contributed by atoms with Crippen molar-refractivity contribution in [1.29, 1.82) is 0 Å². The first-order valence-electron chi connectivity index (χ1n) is 7.76. The van der Waals surface area contributed by atoms with Crippen molar-refractivity contribution < 1.29 is 18.5 Å². The van der Waals surface area contributed by atoms with E-state index in [-0.39, 0.29) is 12.5 Å². The first kappa shape index (κ1) is 16.8. The zero-order chi connectivity index (χ0) is 18.0. The number of likely N-dealkylation sites (N-methyl/N-ethyl adjacent to an activating group) is 1. The van der Waals surface area contributed by atoms with E-state index in [2.05, 4.69) is 5.16 Å². The Morgan fingerprint density at radius 2 is 2.04 bits per heavy atom. The number of carbonyl (C=O) groups is 1. The average molecular weight is 342 g/mol. The molecule has 0 spiro atoms. The number of ether oxygens (including phenoxy) is 1. The van der Waals surface area contributed by atoms with Gasteiger partial charge in [-0.1, -0.05) is 5.16 Å². The van der Waals surface area contributed by atoms with Gasteiger partial charge in [-0.15, -0.1) is 0 Å². The van der Waals surface area contributed by atoms with Crippen LogP contribution in [0.5, 0.6) is 5.75 Å². The molecule has 2 aromatic heterocycles. The van der Waals surface area contributed by atoms with Crippen molar-refractivity contribution in [3.05, 3.63) is 57.8 Å². The lowest BCUT2D eigenvalue weighted by Gasteiger charge is -2.16. The highest BCUT2D eigenvalue weighted by Gasteiger charge is 2.13. The number of benzene rings is 1. The van der Waals surface area contributed by atoms with E-state index in [9.17, 15) is 9.59 Å². The van der Waals surface area contributed by atoms with Crippen LogP contribution in [0.25, 0.3) is 11.0 Å². The molecular weight excluding hydrogens is 324 g/mol. The zero-order valence-electron chi connectivity index (χ0n) is 14.2. The summed E-state index contributed by atoms with van der Waals surface area (Å²) in [5.41, 5.74) is 1.52. The fourth-order valence-electron chi connectivity index (χ4n) is 2.47. The monoisotopic (exact) mass is 342 g/mol. The second-order valence-corrected chi connectivity index (χ2v) is 5.87. The molecule has 7 nitrogen and oxygen atoms in total. The lowest BCUT2D eigenvalue weighted by atomic mass is 10.1. The van der Waals surface area contributed by atoms with Crippen LogP contribution < -0.4 is 10.4 Å². The highest BCUT2D eigenvalue weighted by atomic mass is 16.5. The van der Waals surface area contributed by atoms with Gasteiger partial charge in [0.05, 0.1) is 6.54 Å². The van der Waals surface area contributed by atoms with Crippen LogP contribution in [0.4, 0.5) is 0 Å². The van der Waals surface area contributed by atoms with Crippen LogP contribution in [0.15, 0.2) is 44.1 Å². The summed E-state index contributed by atoms with van der Waals surface area (Å²) >= 11 is 0. The number of amides is 1. The van der Waals surface area contributed by atoms with Crippen molar-refractivity contribution in [3.63, 3.8) is 0 Å². The van der Waals surface area contributed by atoms with Crippen molar-refractivity contribution in [2.45, 2.75) is 20.4 Å². The predicted octanol–water partition coefficient (Wildman–Crippen LogP) is 2.44. The highest BCUT2D eigenvalue weighted by molar-refractivity contribution is 5.81. The van der Waals surface area contributed by atoms with Gasteiger partial charge < -0.3 is 18.6 Å². The number of aromatic nitrogens is 1. The van der Waals surface area contributed by atoms with Crippen LogP contribution in [0.3, 0.4) is 0 Å². The molecule has 3 aromatic rings. The van der Waals surface area contributed by atoms with Crippen LogP contribution in [0.1, 0.15) is 17.0 Å². The van der Waals surface area contributed by atoms with E-state index >= 15 is 0 Å². The molecule has 1 amide bonds. The number of nitrogens with zero attached hydrogens (tertiary/aromatic N) is 2. The van der Waals surface area contributed by atoms with Gasteiger partial charge in [0, 0.05) is 30.6 Å². The van der Waals surface area contributed by atoms with E-state index in [0.29, 0.717) is 29.3 Å². The topological polar surface area (TPSA) is 85.8 Å². The van der Waals surface area contributed by atoms with Gasteiger partial charge in [-0.05, 0) is 31.5 Å². The second-order valence-electron chi connectivity index (χ2n) is 5.87. The summed E-state index contributed by atoms with van der Waals surface area (Å²) in [6, 6.07) is 8.36. The Morgan fingerprint density at radius 1 is 1.24 bits per heavy atom. The van der Waals surface area contributed by atoms with Crippen molar-refractivity contribution in [2.24, 2.45) is 0 Å². The van der Waals surface area contributed by atoms with Crippen LogP contribution >= 0.6 is 0 Å². The number of carbonyl (C=O) groups excluding carboxylic acids is 1. The number of fused-ring (bicyclic) bond motifs is 1. The molecule has 0 radical (unpaired) electrons. The maximum atomic E-state index is 12.2. The molecule has 130 valence electrons. The Morgan fingerprint density at radius 3 is 2.76 bits per heavy atom. The van der Waals surface area contributed by atoms with Gasteiger partial charge in [-0.25, -0.2) is 4.79 Å². The fourth-order valence-corrected chi connectivity index (χ4v) is 2.47. The summed E-state index contributed by atoms with van der Waals surface area (Å²) in [6.07, 6.45) is 0. The van der Waals surface area contributed by atoms with Gasteiger partial charge in [0.1, 0.15) is 22.8 Å². The fraction of sp³-hybridized carbons (Fsp3) is 0.278. The van der Waals surface area contributed by atoms with E-state index in [0.717, 1.165) is 10.9 Å². The van der Waals surface area contributed by atoms with Gasteiger partial charge >= 0.3 is 5.63 Å². The van der Waals surface area contributed by atoms with Crippen molar-refractivity contribution in [3.8, 4) is 5.75 Å². The molecule has 2 heterocycles. The molecule has 0 fully saturated rings. The molecule has 0 aliphatic carbocycles. The summed E-state index contributed by atoms with van der Waals surface area (Å²) in [4.78, 5) is 25.1. The third kappa shape index (κ3) is 3.88. The number of aryl methyl sites for hydroxylation is 2. The predicted molar refractivity (Wildman–Crippen MR) is 90.4 cm³/mol. The van der Waals surface area contributed by atoms with Gasteiger partial charge in [0.2, 0.25) is 0 Å². The summed E-state index contributed by atoms with van der Waals surface area (Å²) in [5.74, 6) is 0.951. The maximum Gasteiger partial charge on any atom is 0.336 e. The summed E-state index contributed by atoms with van der Waals surface area (Å²) in [6.45, 7) is 3.84. The molecule has 0 unspecified atom stereocenters. The van der Waals surface area contributed by atoms with Crippen molar-refractivity contribution in [2.75, 3.05) is 13.7 Å². The van der Waals surface area contributed by atoms with Crippen molar-refractivity contribution in [1.82, 2.24) is 10.1 Å². The van der Waals surface area contributed by atoms with Gasteiger partial charge in [0.25, 0.3) is 5.91 Å². The molecule has 0 atom stereocenters. The number of hydrogen-bond acceptors (Lipinski definition) is 6. The van der Waals surface area contributed by atoms with Gasteiger partial charge in [-0.3, -0.25) is 4.79 Å². The molecule has 0 saturated carbocycles. The van der Waals surface area contributed by atoms with Crippen LogP contribution in [0.2, 0.25) is 0 Å². The Balaban J connectivity index is 1.65. The quantitative estimate of drug-likeness (QED) is 0.662. The average Bonchev–Trinajstić information content (AvgIpc) is 2.96. The SMILES string of the molecule is Cc1cc(CN(C)C(=O)COc2ccc3c(C)cc(=O)oc3c2)no1. The summed E-state index contributed by atoms with van der Waals surface area (Å²) < 4.78 is 15.7. The van der Waals surface area contributed by atoms with Crippen LogP contribution in [-0.4, -0.2) is 29.6 Å². The summed E-state index contributed by atoms with van der Waals surface area (Å²) in [7, 11) is 1.67. The van der Waals surface area contributed by atoms with Crippen molar-refractivity contribution >= 4 is 16.9 Å². The van der Waals surface area contributed by atoms with E-state index in [1.165, 1.54) is 11.0 Å². The molecule has 3 rings (SSSR count). The van der Waals surface area contributed by atoms with Gasteiger partial charge in [-0.2, -0.15) is 0 Å². The molecule has 0 aliphatic rings. The minimum atomic E-state index is -0.416. The first-order valence-corrected chi connectivity index (χ1v) is 7.76. The Kier molecular flexibility index (Phi) is 4.56. The normalized spacial score (nSPS) is 10.8. The molecule has 7 heteroatoms. The summed E-state index contributed by atoms with van der Waals surface area (Å²) in [5, 5.41) is 4.69. The lowest BCUT2D eigenvalue weighted by Crippen LogP contribution is -2.31.